The summed E-state index contributed by atoms with van der Waals surface area (Å²) in [6.07, 6.45) is 0.904. The minimum absolute atomic E-state index is 0.121. The van der Waals surface area contributed by atoms with Crippen LogP contribution in [0.4, 0.5) is 17.6 Å². The van der Waals surface area contributed by atoms with Crippen molar-refractivity contribution in [1.82, 2.24) is 4.72 Å². The number of nitrogens with one attached hydrogen (secondary N) is 1. The van der Waals surface area contributed by atoms with Gasteiger partial charge in [0.25, 0.3) is 0 Å². The van der Waals surface area contributed by atoms with Crippen molar-refractivity contribution in [3.63, 3.8) is 0 Å². The first-order valence-electron chi connectivity index (χ1n) is 13.6. The molecular weight excluding hydrogens is 568 g/mol. The maximum absolute atomic E-state index is 15.2. The number of hydrogen-bond donors (Lipinski definition) is 2. The smallest absolute Gasteiger partial charge is 0.248 e. The molecule has 0 spiro atoms. The average Bonchev–Trinajstić information content (AvgIpc) is 3.17. The molecule has 0 heterocycles. The van der Waals surface area contributed by atoms with Crippen molar-refractivity contribution >= 4 is 10.0 Å². The molecule has 3 aromatic rings. The van der Waals surface area contributed by atoms with Gasteiger partial charge in [0.05, 0.1) is 18.7 Å². The van der Waals surface area contributed by atoms with Crippen LogP contribution in [0, 0.1) is 29.2 Å². The molecule has 0 bridgehead atoms. The summed E-state index contributed by atoms with van der Waals surface area (Å²) in [6.45, 7) is 7.84. The zero-order chi connectivity index (χ0) is 30.8. The first-order chi connectivity index (χ1) is 19.9. The molecule has 4 rings (SSSR count). The molecule has 0 saturated carbocycles. The molecule has 0 unspecified atom stereocenters. The van der Waals surface area contributed by atoms with Gasteiger partial charge in [-0.2, -0.15) is 4.39 Å². The molecule has 0 fully saturated rings. The predicted octanol–water partition coefficient (Wildman–Crippen LogP) is 7.42. The van der Waals surface area contributed by atoms with Gasteiger partial charge in [-0.1, -0.05) is 71.8 Å². The first kappa shape index (κ1) is 31.5. The molecule has 3 aromatic carbocycles. The Morgan fingerprint density at radius 1 is 0.786 bits per heavy atom. The van der Waals surface area contributed by atoms with Gasteiger partial charge in [0.1, 0.15) is 0 Å². The fourth-order valence-corrected chi connectivity index (χ4v) is 6.85. The van der Waals surface area contributed by atoms with E-state index in [1.54, 1.807) is 60.7 Å². The molecule has 0 radical (unpaired) electrons. The molecule has 224 valence electrons. The number of rotatable bonds is 11. The Hall–Kier alpha value is -3.47. The lowest BCUT2D eigenvalue weighted by molar-refractivity contribution is 0.263. The van der Waals surface area contributed by atoms with Crippen LogP contribution in [0.5, 0.6) is 5.75 Å². The lowest BCUT2D eigenvalue weighted by Gasteiger charge is -2.26. The number of ether oxygens (including phenoxy) is 1. The fourth-order valence-electron chi connectivity index (χ4n) is 5.40. The highest BCUT2D eigenvalue weighted by Crippen LogP contribution is 2.40. The number of benzene rings is 3. The minimum atomic E-state index is -5.06. The van der Waals surface area contributed by atoms with Crippen LogP contribution < -0.4 is 15.2 Å². The highest BCUT2D eigenvalue weighted by Gasteiger charge is 2.37. The summed E-state index contributed by atoms with van der Waals surface area (Å²) in [6, 6.07) is 14.6. The second kappa shape index (κ2) is 12.8. The second-order valence-electron chi connectivity index (χ2n) is 10.5. The van der Waals surface area contributed by atoms with Crippen LogP contribution in [0.15, 0.2) is 87.9 Å². The van der Waals surface area contributed by atoms with Gasteiger partial charge >= 0.3 is 0 Å². The number of nitrogens with two attached hydrogens (primary N) is 1. The molecule has 0 aliphatic heterocycles. The van der Waals surface area contributed by atoms with E-state index in [0.717, 1.165) is 0 Å². The number of sulfonamides is 1. The van der Waals surface area contributed by atoms with Crippen molar-refractivity contribution in [3.05, 3.63) is 117 Å². The largest absolute Gasteiger partial charge is 0.489 e. The highest BCUT2D eigenvalue weighted by atomic mass is 32.2. The summed E-state index contributed by atoms with van der Waals surface area (Å²) in [5, 5.41) is 0. The van der Waals surface area contributed by atoms with E-state index < -0.39 is 56.0 Å². The number of halogens is 4. The van der Waals surface area contributed by atoms with E-state index >= 15 is 8.78 Å². The van der Waals surface area contributed by atoms with Crippen LogP contribution in [0.1, 0.15) is 63.7 Å². The fraction of sp³-hybridized carbons (Fsp3) is 0.312. The van der Waals surface area contributed by atoms with Crippen molar-refractivity contribution in [3.8, 4) is 5.75 Å². The first-order valence-corrected chi connectivity index (χ1v) is 15.1. The van der Waals surface area contributed by atoms with Crippen molar-refractivity contribution in [2.75, 3.05) is 6.61 Å². The Kier molecular flexibility index (Phi) is 9.60. The summed E-state index contributed by atoms with van der Waals surface area (Å²) in [7, 11) is -5.06. The zero-order valence-electron chi connectivity index (χ0n) is 23.8. The summed E-state index contributed by atoms with van der Waals surface area (Å²) in [5.74, 6) is -9.55. The molecule has 1 aliphatic rings. The highest BCUT2D eigenvalue weighted by molar-refractivity contribution is 7.89. The van der Waals surface area contributed by atoms with Crippen molar-refractivity contribution in [2.45, 2.75) is 57.5 Å². The van der Waals surface area contributed by atoms with E-state index in [2.05, 4.69) is 4.72 Å². The SMILES string of the molecule is CC1=C(C)C(CCCOc2c(F)c(F)c(F)c(F)c2S(=O)(=O)N[C@@H](c2ccccc2)[C@@H](N)c2ccccc2)C(C)=C1C. The molecule has 0 amide bonds. The van der Waals surface area contributed by atoms with Crippen LogP contribution >= 0.6 is 0 Å². The number of allylic oxidation sites excluding steroid dienone is 4. The summed E-state index contributed by atoms with van der Waals surface area (Å²) >= 11 is 0. The normalized spacial score (nSPS) is 15.8. The van der Waals surface area contributed by atoms with E-state index in [9.17, 15) is 17.2 Å². The third-order valence-corrected chi connectivity index (χ3v) is 9.58. The Morgan fingerprint density at radius 2 is 1.29 bits per heavy atom. The van der Waals surface area contributed by atoms with E-state index in [-0.39, 0.29) is 12.5 Å². The lowest BCUT2D eigenvalue weighted by atomic mass is 9.92. The van der Waals surface area contributed by atoms with Gasteiger partial charge in [0.2, 0.25) is 21.7 Å². The number of hydrogen-bond acceptors (Lipinski definition) is 4. The molecular formula is C32H34F4N2O3S. The van der Waals surface area contributed by atoms with Gasteiger partial charge in [-0.05, 0) is 62.8 Å². The van der Waals surface area contributed by atoms with Crippen LogP contribution in [0.3, 0.4) is 0 Å². The topological polar surface area (TPSA) is 81.4 Å². The molecule has 0 saturated heterocycles. The molecule has 2 atom stereocenters. The van der Waals surface area contributed by atoms with Crippen LogP contribution in [0.2, 0.25) is 0 Å². The predicted molar refractivity (Wildman–Crippen MR) is 154 cm³/mol. The summed E-state index contributed by atoms with van der Waals surface area (Å²) < 4.78 is 94.0. The average molecular weight is 603 g/mol. The van der Waals surface area contributed by atoms with Crippen molar-refractivity contribution in [2.24, 2.45) is 11.7 Å². The van der Waals surface area contributed by atoms with Crippen molar-refractivity contribution in [1.29, 1.82) is 0 Å². The quantitative estimate of drug-likeness (QED) is 0.104. The maximum Gasteiger partial charge on any atom is 0.248 e. The van der Waals surface area contributed by atoms with E-state index in [0.29, 0.717) is 24.0 Å². The Balaban J connectivity index is 1.66. The Bertz CT molecular complexity index is 1600. The van der Waals surface area contributed by atoms with Gasteiger partial charge in [-0.3, -0.25) is 0 Å². The molecule has 42 heavy (non-hydrogen) atoms. The van der Waals surface area contributed by atoms with Crippen LogP contribution in [0.25, 0.3) is 0 Å². The Labute approximate surface area is 244 Å². The van der Waals surface area contributed by atoms with Gasteiger partial charge in [0, 0.05) is 5.92 Å². The molecule has 5 nitrogen and oxygen atoms in total. The second-order valence-corrected chi connectivity index (χ2v) is 12.2. The summed E-state index contributed by atoms with van der Waals surface area (Å²) in [5.41, 5.74) is 12.2. The third kappa shape index (κ3) is 6.16. The van der Waals surface area contributed by atoms with Gasteiger partial charge in [0.15, 0.2) is 22.3 Å². The molecule has 1 aliphatic carbocycles. The Morgan fingerprint density at radius 3 is 1.83 bits per heavy atom. The van der Waals surface area contributed by atoms with Crippen molar-refractivity contribution < 1.29 is 30.7 Å². The minimum Gasteiger partial charge on any atom is -0.489 e. The lowest BCUT2D eigenvalue weighted by Crippen LogP contribution is -2.37. The third-order valence-electron chi connectivity index (χ3n) is 8.11. The molecule has 3 N–H and O–H groups in total. The van der Waals surface area contributed by atoms with E-state index in [1.165, 1.54) is 22.3 Å². The van der Waals surface area contributed by atoms with E-state index in [4.69, 9.17) is 10.5 Å². The summed E-state index contributed by atoms with van der Waals surface area (Å²) in [4.78, 5) is -1.46. The van der Waals surface area contributed by atoms with E-state index in [1.807, 2.05) is 27.7 Å². The maximum atomic E-state index is 15.2. The van der Waals surface area contributed by atoms with Gasteiger partial charge in [-0.25, -0.2) is 26.3 Å². The molecule has 0 aromatic heterocycles. The monoisotopic (exact) mass is 602 g/mol. The zero-order valence-corrected chi connectivity index (χ0v) is 24.7. The van der Waals surface area contributed by atoms with Crippen LogP contribution in [-0.2, 0) is 10.0 Å². The van der Waals surface area contributed by atoms with Gasteiger partial charge in [-0.15, -0.1) is 0 Å². The standard InChI is InChI=1S/C32H34F4N2O3S/c1-18-19(2)21(4)24(20(18)3)16-11-17-41-31-27(35)25(33)26(34)28(36)32(31)42(39,40)38-30(23-14-9-6-10-15-23)29(37)22-12-7-5-8-13-22/h5-10,12-15,24,29-30,38H,11,16-17,37H2,1-4H3/t29-,30-/m0/s1. The molecule has 10 heteroatoms. The van der Waals surface area contributed by atoms with Gasteiger partial charge < -0.3 is 10.5 Å². The van der Waals surface area contributed by atoms with Crippen LogP contribution in [-0.4, -0.2) is 15.0 Å².